The number of carbonyl (C=O) groups is 1. The number of para-hydroxylation sites is 1. The standard InChI is InChI=1S/C20H21N3O3/c1-14-8-9-17(25-2)16(13-14)23-20(24)22-11-12-26-18-7-3-5-15-6-4-10-21-19(15)18/h3-10,13H,11-12H2,1-2H3,(H2,22,23,24). The van der Waals surface area contributed by atoms with Crippen LogP contribution in [0.1, 0.15) is 5.56 Å². The molecule has 26 heavy (non-hydrogen) atoms. The minimum absolute atomic E-state index is 0.312. The number of aryl methyl sites for hydroxylation is 1. The lowest BCUT2D eigenvalue weighted by Crippen LogP contribution is -2.32. The Kier molecular flexibility index (Phi) is 5.53. The highest BCUT2D eigenvalue weighted by Crippen LogP contribution is 2.25. The van der Waals surface area contributed by atoms with Gasteiger partial charge in [0.1, 0.15) is 23.6 Å². The van der Waals surface area contributed by atoms with Crippen molar-refractivity contribution in [2.75, 3.05) is 25.6 Å². The number of carbonyl (C=O) groups excluding carboxylic acids is 1. The zero-order valence-electron chi connectivity index (χ0n) is 14.8. The van der Waals surface area contributed by atoms with E-state index in [1.54, 1.807) is 13.3 Å². The van der Waals surface area contributed by atoms with E-state index in [-0.39, 0.29) is 6.03 Å². The highest BCUT2D eigenvalue weighted by atomic mass is 16.5. The molecular formula is C20H21N3O3. The summed E-state index contributed by atoms with van der Waals surface area (Å²) >= 11 is 0. The van der Waals surface area contributed by atoms with E-state index in [9.17, 15) is 4.79 Å². The van der Waals surface area contributed by atoms with Crippen molar-refractivity contribution in [1.29, 1.82) is 0 Å². The molecule has 0 fully saturated rings. The minimum atomic E-state index is -0.312. The Bertz CT molecular complexity index is 906. The molecule has 6 heteroatoms. The number of ether oxygens (including phenoxy) is 2. The van der Waals surface area contributed by atoms with Gasteiger partial charge >= 0.3 is 6.03 Å². The highest BCUT2D eigenvalue weighted by Gasteiger charge is 2.08. The first-order valence-electron chi connectivity index (χ1n) is 8.33. The number of rotatable bonds is 6. The maximum Gasteiger partial charge on any atom is 0.319 e. The summed E-state index contributed by atoms with van der Waals surface area (Å²) in [5, 5.41) is 6.57. The number of nitrogens with zero attached hydrogens (tertiary/aromatic N) is 1. The van der Waals surface area contributed by atoms with Gasteiger partial charge in [-0.05, 0) is 36.8 Å². The van der Waals surface area contributed by atoms with Gasteiger partial charge in [0.25, 0.3) is 0 Å². The Morgan fingerprint density at radius 1 is 1.12 bits per heavy atom. The van der Waals surface area contributed by atoms with Gasteiger partial charge in [0.15, 0.2) is 0 Å². The van der Waals surface area contributed by atoms with Crippen LogP contribution in [0.3, 0.4) is 0 Å². The lowest BCUT2D eigenvalue weighted by molar-refractivity contribution is 0.247. The third-order valence-corrected chi connectivity index (χ3v) is 3.84. The average molecular weight is 351 g/mol. The van der Waals surface area contributed by atoms with E-state index >= 15 is 0 Å². The number of anilines is 1. The van der Waals surface area contributed by atoms with Crippen molar-refractivity contribution < 1.29 is 14.3 Å². The average Bonchev–Trinajstić information content (AvgIpc) is 2.65. The summed E-state index contributed by atoms with van der Waals surface area (Å²) in [6, 6.07) is 14.9. The molecule has 0 bridgehead atoms. The molecule has 6 nitrogen and oxygen atoms in total. The van der Waals surface area contributed by atoms with Crippen LogP contribution in [0.25, 0.3) is 10.9 Å². The van der Waals surface area contributed by atoms with Gasteiger partial charge in [0, 0.05) is 11.6 Å². The molecule has 1 heterocycles. The molecule has 0 aliphatic heterocycles. The minimum Gasteiger partial charge on any atom is -0.495 e. The molecule has 0 radical (unpaired) electrons. The number of fused-ring (bicyclic) bond motifs is 1. The molecule has 2 amide bonds. The molecule has 0 aliphatic carbocycles. The normalized spacial score (nSPS) is 10.4. The van der Waals surface area contributed by atoms with Crippen LogP contribution < -0.4 is 20.1 Å². The maximum absolute atomic E-state index is 12.1. The quantitative estimate of drug-likeness (QED) is 0.664. The van der Waals surface area contributed by atoms with Crippen molar-refractivity contribution in [1.82, 2.24) is 10.3 Å². The number of methoxy groups -OCH3 is 1. The lowest BCUT2D eigenvalue weighted by Gasteiger charge is -2.12. The Morgan fingerprint density at radius 3 is 2.81 bits per heavy atom. The SMILES string of the molecule is COc1ccc(C)cc1NC(=O)NCCOc1cccc2cccnc12. The molecule has 0 aliphatic rings. The number of pyridine rings is 1. The first-order chi connectivity index (χ1) is 12.7. The van der Waals surface area contributed by atoms with Crippen molar-refractivity contribution in [2.24, 2.45) is 0 Å². The number of hydrogen-bond acceptors (Lipinski definition) is 4. The van der Waals surface area contributed by atoms with Gasteiger partial charge in [-0.15, -0.1) is 0 Å². The molecule has 3 rings (SSSR count). The van der Waals surface area contributed by atoms with Crippen LogP contribution in [-0.4, -0.2) is 31.3 Å². The molecule has 2 N–H and O–H groups in total. The maximum atomic E-state index is 12.1. The van der Waals surface area contributed by atoms with Gasteiger partial charge in [-0.2, -0.15) is 0 Å². The number of aromatic nitrogens is 1. The van der Waals surface area contributed by atoms with Crippen molar-refractivity contribution in [3.8, 4) is 11.5 Å². The van der Waals surface area contributed by atoms with Crippen LogP contribution in [-0.2, 0) is 0 Å². The molecule has 1 aromatic heterocycles. The zero-order chi connectivity index (χ0) is 18.4. The van der Waals surface area contributed by atoms with E-state index in [4.69, 9.17) is 9.47 Å². The Balaban J connectivity index is 1.52. The van der Waals surface area contributed by atoms with Crippen molar-refractivity contribution in [3.05, 3.63) is 60.3 Å². The number of benzene rings is 2. The molecule has 0 atom stereocenters. The predicted octanol–water partition coefficient (Wildman–Crippen LogP) is 3.75. The van der Waals surface area contributed by atoms with Crippen molar-refractivity contribution >= 4 is 22.6 Å². The van der Waals surface area contributed by atoms with Gasteiger partial charge in [-0.25, -0.2) is 4.79 Å². The molecule has 0 spiro atoms. The van der Waals surface area contributed by atoms with Crippen LogP contribution in [0.5, 0.6) is 11.5 Å². The van der Waals surface area contributed by atoms with E-state index < -0.39 is 0 Å². The van der Waals surface area contributed by atoms with Crippen LogP contribution in [0.2, 0.25) is 0 Å². The third kappa shape index (κ3) is 4.22. The fourth-order valence-electron chi connectivity index (χ4n) is 2.60. The largest absolute Gasteiger partial charge is 0.495 e. The summed E-state index contributed by atoms with van der Waals surface area (Å²) in [6.07, 6.45) is 1.73. The van der Waals surface area contributed by atoms with Crippen LogP contribution >= 0.6 is 0 Å². The first kappa shape index (κ1) is 17.5. The van der Waals surface area contributed by atoms with E-state index in [2.05, 4.69) is 15.6 Å². The van der Waals surface area contributed by atoms with Crippen LogP contribution in [0.15, 0.2) is 54.7 Å². The van der Waals surface area contributed by atoms with Crippen LogP contribution in [0.4, 0.5) is 10.5 Å². The monoisotopic (exact) mass is 351 g/mol. The van der Waals surface area contributed by atoms with Gasteiger partial charge in [0.05, 0.1) is 19.3 Å². The smallest absolute Gasteiger partial charge is 0.319 e. The number of hydrogen-bond donors (Lipinski definition) is 2. The van der Waals surface area contributed by atoms with Crippen LogP contribution in [0, 0.1) is 6.92 Å². The number of urea groups is 1. The molecule has 134 valence electrons. The topological polar surface area (TPSA) is 72.5 Å². The number of amides is 2. The summed E-state index contributed by atoms with van der Waals surface area (Å²) in [6.45, 7) is 2.66. The fourth-order valence-corrected chi connectivity index (χ4v) is 2.60. The predicted molar refractivity (Wildman–Crippen MR) is 102 cm³/mol. The second-order valence-electron chi connectivity index (χ2n) is 5.76. The molecule has 0 unspecified atom stereocenters. The van der Waals surface area contributed by atoms with Crippen molar-refractivity contribution in [3.63, 3.8) is 0 Å². The summed E-state index contributed by atoms with van der Waals surface area (Å²) in [7, 11) is 1.57. The van der Waals surface area contributed by atoms with Gasteiger partial charge in [-0.1, -0.05) is 24.3 Å². The first-order valence-corrected chi connectivity index (χ1v) is 8.33. The highest BCUT2D eigenvalue weighted by molar-refractivity contribution is 5.91. The van der Waals surface area contributed by atoms with Crippen molar-refractivity contribution in [2.45, 2.75) is 6.92 Å². The Labute approximate surface area is 152 Å². The van der Waals surface area contributed by atoms with Gasteiger partial charge in [-0.3, -0.25) is 4.98 Å². The molecule has 2 aromatic carbocycles. The molecule has 0 saturated heterocycles. The van der Waals surface area contributed by atoms with Gasteiger partial charge in [0.2, 0.25) is 0 Å². The Hall–Kier alpha value is -3.28. The lowest BCUT2D eigenvalue weighted by atomic mass is 10.2. The van der Waals surface area contributed by atoms with E-state index in [1.807, 2.05) is 55.5 Å². The molecule has 0 saturated carbocycles. The molecule has 3 aromatic rings. The Morgan fingerprint density at radius 2 is 1.96 bits per heavy atom. The third-order valence-electron chi connectivity index (χ3n) is 3.84. The second-order valence-corrected chi connectivity index (χ2v) is 5.76. The molecular weight excluding hydrogens is 330 g/mol. The summed E-state index contributed by atoms with van der Waals surface area (Å²) in [5.41, 5.74) is 2.47. The van der Waals surface area contributed by atoms with E-state index in [0.29, 0.717) is 30.3 Å². The second kappa shape index (κ2) is 8.20. The number of nitrogens with one attached hydrogen (secondary N) is 2. The summed E-state index contributed by atoms with van der Waals surface area (Å²) in [4.78, 5) is 16.4. The van der Waals surface area contributed by atoms with E-state index in [1.165, 1.54) is 0 Å². The summed E-state index contributed by atoms with van der Waals surface area (Å²) < 4.78 is 11.0. The fraction of sp³-hybridized carbons (Fsp3) is 0.200. The zero-order valence-corrected chi connectivity index (χ0v) is 14.8. The summed E-state index contributed by atoms with van der Waals surface area (Å²) in [5.74, 6) is 1.31. The van der Waals surface area contributed by atoms with Gasteiger partial charge < -0.3 is 20.1 Å². The van der Waals surface area contributed by atoms with E-state index in [0.717, 1.165) is 16.5 Å².